The van der Waals surface area contributed by atoms with E-state index < -0.39 is 18.0 Å². The van der Waals surface area contributed by atoms with E-state index in [1.807, 2.05) is 49.4 Å². The molecule has 0 fully saturated rings. The molecule has 0 unspecified atom stereocenters. The summed E-state index contributed by atoms with van der Waals surface area (Å²) in [6.45, 7) is 4.29. The van der Waals surface area contributed by atoms with Gasteiger partial charge in [0.1, 0.15) is 5.75 Å². The van der Waals surface area contributed by atoms with Crippen molar-refractivity contribution in [2.45, 2.75) is 26.6 Å². The Balaban J connectivity index is 1.66. The Morgan fingerprint density at radius 2 is 1.77 bits per heavy atom. The van der Waals surface area contributed by atoms with Crippen molar-refractivity contribution >= 4 is 28.3 Å². The van der Waals surface area contributed by atoms with Gasteiger partial charge in [0.25, 0.3) is 5.91 Å². The topological polar surface area (TPSA) is 73.9 Å². The summed E-state index contributed by atoms with van der Waals surface area (Å²) < 4.78 is 16.1. The summed E-state index contributed by atoms with van der Waals surface area (Å²) in [6, 6.07) is 18.4. The third-order valence-corrected chi connectivity index (χ3v) is 4.65. The van der Waals surface area contributed by atoms with E-state index in [0.717, 1.165) is 16.3 Å². The number of esters is 1. The molecule has 0 heterocycles. The van der Waals surface area contributed by atoms with Crippen LogP contribution in [-0.2, 0) is 20.9 Å². The smallest absolute Gasteiger partial charge is 0.338 e. The number of nitrogens with one attached hydrogen (secondary N) is 1. The molecule has 0 aliphatic heterocycles. The van der Waals surface area contributed by atoms with Gasteiger partial charge in [-0.3, -0.25) is 4.79 Å². The molecule has 1 atom stereocenters. The Kier molecular flexibility index (Phi) is 7.03. The van der Waals surface area contributed by atoms with E-state index in [1.54, 1.807) is 32.2 Å². The van der Waals surface area contributed by atoms with Gasteiger partial charge in [-0.1, -0.05) is 30.3 Å². The van der Waals surface area contributed by atoms with Crippen LogP contribution < -0.4 is 10.1 Å². The summed E-state index contributed by atoms with van der Waals surface area (Å²) in [5, 5.41) is 4.89. The van der Waals surface area contributed by atoms with E-state index in [0.29, 0.717) is 30.2 Å². The summed E-state index contributed by atoms with van der Waals surface area (Å²) in [5.41, 5.74) is 1.71. The number of anilines is 1. The summed E-state index contributed by atoms with van der Waals surface area (Å²) in [6.07, 6.45) is -0.957. The van der Waals surface area contributed by atoms with Gasteiger partial charge in [0.15, 0.2) is 6.10 Å². The van der Waals surface area contributed by atoms with Gasteiger partial charge < -0.3 is 19.5 Å². The Bertz CT molecular complexity index is 1050. The van der Waals surface area contributed by atoms with Gasteiger partial charge in [0, 0.05) is 17.9 Å². The van der Waals surface area contributed by atoms with Gasteiger partial charge in [0.2, 0.25) is 0 Å². The van der Waals surface area contributed by atoms with Crippen molar-refractivity contribution in [3.05, 3.63) is 71.8 Å². The number of fused-ring (bicyclic) bond motifs is 1. The van der Waals surface area contributed by atoms with Crippen LogP contribution in [0.25, 0.3) is 10.8 Å². The highest BCUT2D eigenvalue weighted by atomic mass is 16.5. The zero-order valence-corrected chi connectivity index (χ0v) is 17.3. The van der Waals surface area contributed by atoms with Crippen molar-refractivity contribution in [3.63, 3.8) is 0 Å². The minimum Gasteiger partial charge on any atom is -0.496 e. The van der Waals surface area contributed by atoms with Crippen LogP contribution in [0, 0.1) is 0 Å². The molecule has 0 saturated carbocycles. The molecule has 3 aromatic rings. The minimum absolute atomic E-state index is 0.318. The maximum absolute atomic E-state index is 12.5. The molecule has 0 radical (unpaired) electrons. The average Bonchev–Trinajstić information content (AvgIpc) is 2.77. The third-order valence-electron chi connectivity index (χ3n) is 4.65. The van der Waals surface area contributed by atoms with Crippen molar-refractivity contribution < 1.29 is 23.8 Å². The second-order valence-electron chi connectivity index (χ2n) is 6.76. The fourth-order valence-corrected chi connectivity index (χ4v) is 3.02. The van der Waals surface area contributed by atoms with E-state index in [1.165, 1.54) is 0 Å². The molecule has 0 bridgehead atoms. The van der Waals surface area contributed by atoms with Crippen molar-refractivity contribution in [3.8, 4) is 5.75 Å². The molecule has 6 heteroatoms. The van der Waals surface area contributed by atoms with Crippen molar-refractivity contribution in [2.24, 2.45) is 0 Å². The van der Waals surface area contributed by atoms with Crippen LogP contribution in [0.3, 0.4) is 0 Å². The first kappa shape index (κ1) is 21.3. The second-order valence-corrected chi connectivity index (χ2v) is 6.76. The molecule has 156 valence electrons. The zero-order valence-electron chi connectivity index (χ0n) is 17.3. The van der Waals surface area contributed by atoms with Gasteiger partial charge >= 0.3 is 5.97 Å². The quantitative estimate of drug-likeness (QED) is 0.554. The largest absolute Gasteiger partial charge is 0.496 e. The fraction of sp³-hybridized carbons (Fsp3) is 0.250. The van der Waals surface area contributed by atoms with E-state index in [2.05, 4.69) is 5.32 Å². The summed E-state index contributed by atoms with van der Waals surface area (Å²) in [7, 11) is 1.56. The summed E-state index contributed by atoms with van der Waals surface area (Å²) in [4.78, 5) is 25.0. The first-order valence-corrected chi connectivity index (χ1v) is 9.77. The fourth-order valence-electron chi connectivity index (χ4n) is 3.02. The van der Waals surface area contributed by atoms with Crippen molar-refractivity contribution in [1.82, 2.24) is 0 Å². The van der Waals surface area contributed by atoms with Gasteiger partial charge in [-0.15, -0.1) is 0 Å². The van der Waals surface area contributed by atoms with Crippen LogP contribution >= 0.6 is 0 Å². The lowest BCUT2D eigenvalue weighted by atomic mass is 10.1. The average molecular weight is 407 g/mol. The number of hydrogen-bond acceptors (Lipinski definition) is 5. The standard InChI is InChI=1S/C24H25NO5/c1-4-29-15-20-13-19(10-12-22(20)28-3)24(27)30-16(2)23(26)25-21-11-9-17-7-5-6-8-18(17)14-21/h5-14,16H,4,15H2,1-3H3,(H,25,26)/t16-/m0/s1. The van der Waals surface area contributed by atoms with E-state index in [4.69, 9.17) is 14.2 Å². The molecule has 1 amide bonds. The zero-order chi connectivity index (χ0) is 21.5. The highest BCUT2D eigenvalue weighted by Crippen LogP contribution is 2.22. The molecule has 30 heavy (non-hydrogen) atoms. The number of amides is 1. The lowest BCUT2D eigenvalue weighted by molar-refractivity contribution is -0.123. The number of ether oxygens (including phenoxy) is 3. The number of methoxy groups -OCH3 is 1. The Labute approximate surface area is 175 Å². The lowest BCUT2D eigenvalue weighted by Gasteiger charge is -2.15. The minimum atomic E-state index is -0.957. The van der Waals surface area contributed by atoms with Gasteiger partial charge in [-0.2, -0.15) is 0 Å². The first-order chi connectivity index (χ1) is 14.5. The molecule has 0 spiro atoms. The first-order valence-electron chi connectivity index (χ1n) is 9.77. The maximum atomic E-state index is 12.5. The molecular weight excluding hydrogens is 382 g/mol. The molecule has 3 rings (SSSR count). The van der Waals surface area contributed by atoms with E-state index >= 15 is 0 Å². The lowest BCUT2D eigenvalue weighted by Crippen LogP contribution is -2.30. The number of rotatable bonds is 8. The number of carbonyl (C=O) groups is 2. The van der Waals surface area contributed by atoms with Crippen molar-refractivity contribution in [2.75, 3.05) is 19.0 Å². The summed E-state index contributed by atoms with van der Waals surface area (Å²) in [5.74, 6) is -0.361. The molecular formula is C24H25NO5. The van der Waals surface area contributed by atoms with Gasteiger partial charge in [0.05, 0.1) is 19.3 Å². The van der Waals surface area contributed by atoms with Crippen LogP contribution in [0.1, 0.15) is 29.8 Å². The summed E-state index contributed by atoms with van der Waals surface area (Å²) >= 11 is 0. The molecule has 0 aromatic heterocycles. The third kappa shape index (κ3) is 5.15. The second kappa shape index (κ2) is 9.89. The highest BCUT2D eigenvalue weighted by molar-refractivity contribution is 5.99. The molecule has 3 aromatic carbocycles. The Hall–Kier alpha value is -3.38. The number of benzene rings is 3. The highest BCUT2D eigenvalue weighted by Gasteiger charge is 2.20. The van der Waals surface area contributed by atoms with E-state index in [9.17, 15) is 9.59 Å². The molecule has 1 N–H and O–H groups in total. The van der Waals surface area contributed by atoms with Crippen LogP contribution in [0.2, 0.25) is 0 Å². The van der Waals surface area contributed by atoms with Crippen molar-refractivity contribution in [1.29, 1.82) is 0 Å². The van der Waals surface area contributed by atoms with Crippen LogP contribution in [0.15, 0.2) is 60.7 Å². The Morgan fingerprint density at radius 3 is 2.50 bits per heavy atom. The normalized spacial score (nSPS) is 11.7. The molecule has 0 aliphatic rings. The monoisotopic (exact) mass is 407 g/mol. The maximum Gasteiger partial charge on any atom is 0.338 e. The SMILES string of the molecule is CCOCc1cc(C(=O)O[C@@H](C)C(=O)Nc2ccc3ccccc3c2)ccc1OC. The molecule has 0 saturated heterocycles. The van der Waals surface area contributed by atoms with Crippen LogP contribution in [-0.4, -0.2) is 31.7 Å². The van der Waals surface area contributed by atoms with Crippen LogP contribution in [0.5, 0.6) is 5.75 Å². The van der Waals surface area contributed by atoms with Crippen LogP contribution in [0.4, 0.5) is 5.69 Å². The number of carbonyl (C=O) groups excluding carboxylic acids is 2. The molecule has 6 nitrogen and oxygen atoms in total. The number of hydrogen-bond donors (Lipinski definition) is 1. The van der Waals surface area contributed by atoms with E-state index in [-0.39, 0.29) is 0 Å². The molecule has 0 aliphatic carbocycles. The Morgan fingerprint density at radius 1 is 1.00 bits per heavy atom. The predicted octanol–water partition coefficient (Wildman–Crippen LogP) is 4.57. The van der Waals surface area contributed by atoms with Gasteiger partial charge in [-0.25, -0.2) is 4.79 Å². The van der Waals surface area contributed by atoms with Gasteiger partial charge in [-0.05, 0) is 55.0 Å². The predicted molar refractivity (Wildman–Crippen MR) is 116 cm³/mol.